The summed E-state index contributed by atoms with van der Waals surface area (Å²) in [6.07, 6.45) is 0. The summed E-state index contributed by atoms with van der Waals surface area (Å²) in [5.74, 6) is 0. The molecular formula is C12H12Cl2N2O3S2. The molecule has 0 bridgehead atoms. The fourth-order valence-electron chi connectivity index (χ4n) is 1.75. The molecule has 0 amide bonds. The zero-order chi connectivity index (χ0) is 15.8. The molecule has 0 spiro atoms. The Labute approximate surface area is 136 Å². The molecule has 0 fully saturated rings. The zero-order valence-corrected chi connectivity index (χ0v) is 14.3. The van der Waals surface area contributed by atoms with Gasteiger partial charge in [0.2, 0.25) is 0 Å². The lowest BCUT2D eigenvalue weighted by molar-refractivity contribution is 0.468. The van der Waals surface area contributed by atoms with E-state index >= 15 is 0 Å². The summed E-state index contributed by atoms with van der Waals surface area (Å²) < 4.78 is 26.1. The van der Waals surface area contributed by atoms with Crippen LogP contribution in [-0.4, -0.2) is 24.8 Å². The van der Waals surface area contributed by atoms with Crippen LogP contribution in [0.25, 0.3) is 0 Å². The average Bonchev–Trinajstić information content (AvgIpc) is 2.72. The number of halogens is 2. The molecule has 0 atom stereocenters. The van der Waals surface area contributed by atoms with E-state index in [1.54, 1.807) is 25.1 Å². The molecule has 2 aromatic rings. The molecule has 0 saturated heterocycles. The van der Waals surface area contributed by atoms with Gasteiger partial charge in [0.25, 0.3) is 10.0 Å². The van der Waals surface area contributed by atoms with Gasteiger partial charge in [-0.05, 0) is 24.6 Å². The Morgan fingerprint density at radius 2 is 2.00 bits per heavy atom. The summed E-state index contributed by atoms with van der Waals surface area (Å²) in [5.41, 5.74) is 0.965. The fraction of sp³-hybridized carbons (Fsp3) is 0.250. The number of nitrogens with zero attached hydrogens (tertiary/aromatic N) is 1. The highest BCUT2D eigenvalue weighted by molar-refractivity contribution is 7.91. The number of nitrogens with one attached hydrogen (secondary N) is 1. The van der Waals surface area contributed by atoms with Gasteiger partial charge in [0, 0.05) is 29.3 Å². The monoisotopic (exact) mass is 366 g/mol. The summed E-state index contributed by atoms with van der Waals surface area (Å²) in [4.78, 5) is 13.3. The van der Waals surface area contributed by atoms with Crippen molar-refractivity contribution in [1.29, 1.82) is 0 Å². The summed E-state index contributed by atoms with van der Waals surface area (Å²) in [6.45, 7) is 1.64. The molecule has 1 aromatic carbocycles. The van der Waals surface area contributed by atoms with E-state index in [-0.39, 0.29) is 10.8 Å². The summed E-state index contributed by atoms with van der Waals surface area (Å²) in [7, 11) is -2.31. The molecule has 0 saturated carbocycles. The molecule has 1 N–H and O–H groups in total. The van der Waals surface area contributed by atoms with E-state index in [9.17, 15) is 13.2 Å². The Morgan fingerprint density at radius 1 is 1.33 bits per heavy atom. The summed E-state index contributed by atoms with van der Waals surface area (Å²) >= 11 is 12.5. The maximum absolute atomic E-state index is 12.5. The highest BCUT2D eigenvalue weighted by atomic mass is 35.5. The number of hydrogen-bond donors (Lipinski definition) is 1. The zero-order valence-electron chi connectivity index (χ0n) is 11.2. The van der Waals surface area contributed by atoms with E-state index in [0.29, 0.717) is 32.6 Å². The number of hydrogen-bond acceptors (Lipinski definition) is 4. The van der Waals surface area contributed by atoms with Crippen LogP contribution in [0.1, 0.15) is 11.3 Å². The van der Waals surface area contributed by atoms with E-state index in [1.807, 2.05) is 0 Å². The second-order valence-electron chi connectivity index (χ2n) is 4.42. The first-order valence-corrected chi connectivity index (χ1v) is 8.83. The number of aromatic nitrogens is 1. The van der Waals surface area contributed by atoms with Crippen LogP contribution in [0, 0.1) is 6.92 Å². The number of benzene rings is 1. The van der Waals surface area contributed by atoms with Crippen molar-refractivity contribution < 1.29 is 8.42 Å². The minimum atomic E-state index is -3.74. The van der Waals surface area contributed by atoms with E-state index in [4.69, 9.17) is 23.2 Å². The van der Waals surface area contributed by atoms with Gasteiger partial charge in [-0.2, -0.15) is 4.31 Å². The van der Waals surface area contributed by atoms with Gasteiger partial charge < -0.3 is 4.98 Å². The van der Waals surface area contributed by atoms with Crippen molar-refractivity contribution in [2.24, 2.45) is 0 Å². The molecule has 21 heavy (non-hydrogen) atoms. The Bertz CT molecular complexity index is 827. The first-order chi connectivity index (χ1) is 9.71. The first kappa shape index (κ1) is 16.5. The maximum atomic E-state index is 12.5. The molecule has 1 heterocycles. The lowest BCUT2D eigenvalue weighted by Crippen LogP contribution is -2.26. The van der Waals surface area contributed by atoms with Crippen LogP contribution in [0.15, 0.2) is 27.2 Å². The Kier molecular flexibility index (Phi) is 4.79. The van der Waals surface area contributed by atoms with Gasteiger partial charge in [-0.3, -0.25) is 4.79 Å². The Balaban J connectivity index is 2.33. The van der Waals surface area contributed by atoms with Gasteiger partial charge in [0.15, 0.2) is 4.21 Å². The predicted octanol–water partition coefficient (Wildman–Crippen LogP) is 2.87. The highest BCUT2D eigenvalue weighted by Gasteiger charge is 2.26. The van der Waals surface area contributed by atoms with Crippen LogP contribution >= 0.6 is 34.5 Å². The van der Waals surface area contributed by atoms with Crippen molar-refractivity contribution in [2.45, 2.75) is 17.7 Å². The van der Waals surface area contributed by atoms with Crippen molar-refractivity contribution in [3.8, 4) is 0 Å². The lowest BCUT2D eigenvalue weighted by Gasteiger charge is -2.17. The molecule has 2 rings (SSSR count). The summed E-state index contributed by atoms with van der Waals surface area (Å²) in [5, 5.41) is 0.873. The third-order valence-electron chi connectivity index (χ3n) is 2.83. The lowest BCUT2D eigenvalue weighted by atomic mass is 10.2. The molecule has 1 aromatic heterocycles. The highest BCUT2D eigenvalue weighted by Crippen LogP contribution is 2.25. The molecule has 0 unspecified atom stereocenters. The minimum Gasteiger partial charge on any atom is -0.315 e. The van der Waals surface area contributed by atoms with Crippen LogP contribution in [0.2, 0.25) is 10.0 Å². The molecule has 0 aliphatic heterocycles. The molecular weight excluding hydrogens is 355 g/mol. The number of thiazole rings is 1. The predicted molar refractivity (Wildman–Crippen MR) is 84.8 cm³/mol. The molecule has 0 aliphatic rings. The SMILES string of the molecule is Cc1[nH]c(=O)sc1S(=O)(=O)N(C)Cc1ccc(Cl)cc1Cl. The minimum absolute atomic E-state index is 0.0140. The molecule has 0 radical (unpaired) electrons. The summed E-state index contributed by atoms with van der Waals surface area (Å²) in [6, 6.07) is 4.87. The molecule has 0 aliphatic carbocycles. The van der Waals surface area contributed by atoms with Crippen LogP contribution in [0.5, 0.6) is 0 Å². The molecule has 5 nitrogen and oxygen atoms in total. The van der Waals surface area contributed by atoms with Crippen molar-refractivity contribution >= 4 is 44.6 Å². The van der Waals surface area contributed by atoms with Gasteiger partial charge in [-0.25, -0.2) is 8.42 Å². The standard InChI is InChI=1S/C12H12Cl2N2O3S2/c1-7-11(20-12(17)15-7)21(18,19)16(2)6-8-3-4-9(13)5-10(8)14/h3-5H,6H2,1-2H3,(H,15,17). The fourth-order valence-corrected chi connectivity index (χ4v) is 4.86. The van der Waals surface area contributed by atoms with Crippen molar-refractivity contribution in [1.82, 2.24) is 9.29 Å². The molecule has 114 valence electrons. The van der Waals surface area contributed by atoms with Gasteiger partial charge in [-0.1, -0.05) is 40.6 Å². The van der Waals surface area contributed by atoms with E-state index in [1.165, 1.54) is 7.05 Å². The van der Waals surface area contributed by atoms with E-state index in [0.717, 1.165) is 4.31 Å². The van der Waals surface area contributed by atoms with Crippen molar-refractivity contribution in [3.63, 3.8) is 0 Å². The normalized spacial score (nSPS) is 12.0. The molecule has 9 heteroatoms. The first-order valence-electron chi connectivity index (χ1n) is 5.82. The quantitative estimate of drug-likeness (QED) is 0.903. The number of rotatable bonds is 4. The second-order valence-corrected chi connectivity index (χ2v) is 8.49. The van der Waals surface area contributed by atoms with E-state index in [2.05, 4.69) is 4.98 Å². The topological polar surface area (TPSA) is 70.2 Å². The van der Waals surface area contributed by atoms with E-state index < -0.39 is 14.9 Å². The Hall–Kier alpha value is -0.860. The smallest absolute Gasteiger partial charge is 0.305 e. The van der Waals surface area contributed by atoms with Crippen LogP contribution < -0.4 is 4.87 Å². The third kappa shape index (κ3) is 3.49. The van der Waals surface area contributed by atoms with Gasteiger partial charge in [-0.15, -0.1) is 0 Å². The van der Waals surface area contributed by atoms with Crippen LogP contribution in [-0.2, 0) is 16.6 Å². The van der Waals surface area contributed by atoms with Crippen LogP contribution in [0.4, 0.5) is 0 Å². The maximum Gasteiger partial charge on any atom is 0.305 e. The van der Waals surface area contributed by atoms with Crippen molar-refractivity contribution in [2.75, 3.05) is 7.05 Å². The number of sulfonamides is 1. The number of aryl methyl sites for hydroxylation is 1. The van der Waals surface area contributed by atoms with Gasteiger partial charge in [0.05, 0.1) is 0 Å². The number of aromatic amines is 1. The Morgan fingerprint density at radius 3 is 2.52 bits per heavy atom. The average molecular weight is 367 g/mol. The second kappa shape index (κ2) is 6.10. The van der Waals surface area contributed by atoms with Crippen LogP contribution in [0.3, 0.4) is 0 Å². The largest absolute Gasteiger partial charge is 0.315 e. The van der Waals surface area contributed by atoms with Gasteiger partial charge in [0.1, 0.15) is 0 Å². The third-order valence-corrected chi connectivity index (χ3v) is 6.81. The number of H-pyrrole nitrogens is 1. The van der Waals surface area contributed by atoms with Crippen molar-refractivity contribution in [3.05, 3.63) is 49.2 Å². The van der Waals surface area contributed by atoms with Gasteiger partial charge >= 0.3 is 4.87 Å².